The fourth-order valence-corrected chi connectivity index (χ4v) is 2.28. The van der Waals surface area contributed by atoms with E-state index in [-0.39, 0.29) is 11.4 Å². The second-order valence-electron chi connectivity index (χ2n) is 6.13. The molecular weight excluding hydrogens is 288 g/mol. The predicted molar refractivity (Wildman–Crippen MR) is 92.7 cm³/mol. The van der Waals surface area contributed by atoms with E-state index in [2.05, 4.69) is 36.6 Å². The Balaban J connectivity index is 1.80. The number of rotatable bonds is 6. The summed E-state index contributed by atoms with van der Waals surface area (Å²) in [6.07, 6.45) is 0. The first-order valence-electron chi connectivity index (χ1n) is 7.71. The standard InChI is InChI=1S/C19H24N2O2/c1-19(2,16-7-5-4-6-8-16)14-21-18(22)20-13-15-9-11-17(23-3)12-10-15/h4-12H,13-14H2,1-3H3,(H2,20,21,22). The van der Waals surface area contributed by atoms with Crippen LogP contribution in [0.25, 0.3) is 0 Å². The number of hydrogen-bond donors (Lipinski definition) is 2. The van der Waals surface area contributed by atoms with E-state index >= 15 is 0 Å². The summed E-state index contributed by atoms with van der Waals surface area (Å²) in [6, 6.07) is 17.7. The van der Waals surface area contributed by atoms with Crippen LogP contribution in [0, 0.1) is 0 Å². The maximum absolute atomic E-state index is 12.0. The van der Waals surface area contributed by atoms with Crippen LogP contribution < -0.4 is 15.4 Å². The molecule has 0 fully saturated rings. The number of urea groups is 1. The largest absolute Gasteiger partial charge is 0.497 e. The monoisotopic (exact) mass is 312 g/mol. The minimum atomic E-state index is -0.162. The van der Waals surface area contributed by atoms with Gasteiger partial charge in [-0.3, -0.25) is 0 Å². The van der Waals surface area contributed by atoms with Gasteiger partial charge >= 0.3 is 6.03 Å². The molecule has 0 bridgehead atoms. The first-order chi connectivity index (χ1) is 11.0. The minimum absolute atomic E-state index is 0.112. The van der Waals surface area contributed by atoms with Crippen LogP contribution in [-0.4, -0.2) is 19.7 Å². The Labute approximate surface area is 137 Å². The van der Waals surface area contributed by atoms with Crippen molar-refractivity contribution in [3.63, 3.8) is 0 Å². The Morgan fingerprint density at radius 2 is 1.65 bits per heavy atom. The highest BCUT2D eigenvalue weighted by Gasteiger charge is 2.20. The SMILES string of the molecule is COc1ccc(CNC(=O)NCC(C)(C)c2ccccc2)cc1. The summed E-state index contributed by atoms with van der Waals surface area (Å²) >= 11 is 0. The number of carbonyl (C=O) groups excluding carboxylic acids is 1. The molecule has 122 valence electrons. The van der Waals surface area contributed by atoms with E-state index in [1.807, 2.05) is 42.5 Å². The molecule has 2 N–H and O–H groups in total. The van der Waals surface area contributed by atoms with Gasteiger partial charge in [0.25, 0.3) is 0 Å². The summed E-state index contributed by atoms with van der Waals surface area (Å²) in [4.78, 5) is 12.0. The molecule has 0 aliphatic carbocycles. The molecule has 4 nitrogen and oxygen atoms in total. The lowest BCUT2D eigenvalue weighted by molar-refractivity contribution is 0.238. The smallest absolute Gasteiger partial charge is 0.315 e. The fraction of sp³-hybridized carbons (Fsp3) is 0.316. The van der Waals surface area contributed by atoms with Crippen LogP contribution >= 0.6 is 0 Å². The lowest BCUT2D eigenvalue weighted by Gasteiger charge is -2.25. The van der Waals surface area contributed by atoms with Crippen molar-refractivity contribution >= 4 is 6.03 Å². The average Bonchev–Trinajstić information content (AvgIpc) is 2.59. The number of benzene rings is 2. The summed E-state index contributed by atoms with van der Waals surface area (Å²) in [7, 11) is 1.63. The van der Waals surface area contributed by atoms with Crippen LogP contribution in [-0.2, 0) is 12.0 Å². The Morgan fingerprint density at radius 3 is 2.26 bits per heavy atom. The van der Waals surface area contributed by atoms with E-state index in [1.54, 1.807) is 7.11 Å². The maximum atomic E-state index is 12.0. The van der Waals surface area contributed by atoms with Gasteiger partial charge in [0.05, 0.1) is 7.11 Å². The molecule has 0 radical (unpaired) electrons. The molecular formula is C19H24N2O2. The fourth-order valence-electron chi connectivity index (χ4n) is 2.28. The number of amides is 2. The van der Waals surface area contributed by atoms with Gasteiger partial charge in [-0.2, -0.15) is 0 Å². The molecule has 2 rings (SSSR count). The van der Waals surface area contributed by atoms with Gasteiger partial charge in [0, 0.05) is 18.5 Å². The van der Waals surface area contributed by atoms with Crippen LogP contribution in [0.5, 0.6) is 5.75 Å². The van der Waals surface area contributed by atoms with Crippen LogP contribution in [0.2, 0.25) is 0 Å². The highest BCUT2D eigenvalue weighted by molar-refractivity contribution is 5.74. The van der Waals surface area contributed by atoms with Crippen molar-refractivity contribution < 1.29 is 9.53 Å². The number of methoxy groups -OCH3 is 1. The molecule has 2 amide bonds. The Kier molecular flexibility index (Phi) is 5.63. The van der Waals surface area contributed by atoms with Crippen molar-refractivity contribution in [1.82, 2.24) is 10.6 Å². The van der Waals surface area contributed by atoms with E-state index in [0.717, 1.165) is 11.3 Å². The molecule has 2 aromatic rings. The third-order valence-electron chi connectivity index (χ3n) is 3.86. The first kappa shape index (κ1) is 16.9. The number of ether oxygens (including phenoxy) is 1. The summed E-state index contributed by atoms with van der Waals surface area (Å²) in [5, 5.41) is 5.81. The van der Waals surface area contributed by atoms with Crippen LogP contribution in [0.3, 0.4) is 0 Å². The summed E-state index contributed by atoms with van der Waals surface area (Å²) in [6.45, 7) is 5.30. The molecule has 2 aromatic carbocycles. The van der Waals surface area contributed by atoms with Crippen LogP contribution in [0.1, 0.15) is 25.0 Å². The molecule has 23 heavy (non-hydrogen) atoms. The van der Waals surface area contributed by atoms with Crippen molar-refractivity contribution in [2.24, 2.45) is 0 Å². The molecule has 0 aliphatic rings. The molecule has 0 heterocycles. The first-order valence-corrected chi connectivity index (χ1v) is 7.71. The number of carbonyl (C=O) groups is 1. The zero-order valence-electron chi connectivity index (χ0n) is 13.9. The summed E-state index contributed by atoms with van der Waals surface area (Å²) < 4.78 is 5.11. The lowest BCUT2D eigenvalue weighted by atomic mass is 9.85. The minimum Gasteiger partial charge on any atom is -0.497 e. The molecule has 0 unspecified atom stereocenters. The molecule has 4 heteroatoms. The van der Waals surface area contributed by atoms with Crippen molar-refractivity contribution in [2.45, 2.75) is 25.8 Å². The zero-order chi connectivity index (χ0) is 16.7. The van der Waals surface area contributed by atoms with E-state index < -0.39 is 0 Å². The van der Waals surface area contributed by atoms with Crippen molar-refractivity contribution in [3.8, 4) is 5.75 Å². The van der Waals surface area contributed by atoms with Crippen LogP contribution in [0.15, 0.2) is 54.6 Å². The van der Waals surface area contributed by atoms with E-state index in [4.69, 9.17) is 4.74 Å². The normalized spacial score (nSPS) is 10.9. The zero-order valence-corrected chi connectivity index (χ0v) is 13.9. The topological polar surface area (TPSA) is 50.4 Å². The lowest BCUT2D eigenvalue weighted by Crippen LogP contribution is -2.42. The average molecular weight is 312 g/mol. The molecule has 0 spiro atoms. The summed E-state index contributed by atoms with van der Waals surface area (Å²) in [5.74, 6) is 0.808. The van der Waals surface area contributed by atoms with Gasteiger partial charge in [-0.25, -0.2) is 4.79 Å². The second kappa shape index (κ2) is 7.68. The molecule has 0 aromatic heterocycles. The van der Waals surface area contributed by atoms with Gasteiger partial charge in [0.1, 0.15) is 5.75 Å². The third kappa shape index (κ3) is 5.02. The van der Waals surface area contributed by atoms with E-state index in [0.29, 0.717) is 13.1 Å². The molecule has 0 atom stereocenters. The highest BCUT2D eigenvalue weighted by Crippen LogP contribution is 2.21. The van der Waals surface area contributed by atoms with Gasteiger partial charge in [-0.1, -0.05) is 56.3 Å². The van der Waals surface area contributed by atoms with Gasteiger partial charge in [0.15, 0.2) is 0 Å². The Hall–Kier alpha value is -2.49. The van der Waals surface area contributed by atoms with Gasteiger partial charge < -0.3 is 15.4 Å². The quantitative estimate of drug-likeness (QED) is 0.858. The molecule has 0 aliphatic heterocycles. The van der Waals surface area contributed by atoms with Crippen molar-refractivity contribution in [3.05, 3.63) is 65.7 Å². The molecule has 0 saturated heterocycles. The van der Waals surface area contributed by atoms with Crippen molar-refractivity contribution in [2.75, 3.05) is 13.7 Å². The van der Waals surface area contributed by atoms with E-state index in [1.165, 1.54) is 5.56 Å². The van der Waals surface area contributed by atoms with Crippen molar-refractivity contribution in [1.29, 1.82) is 0 Å². The van der Waals surface area contributed by atoms with Gasteiger partial charge in [0.2, 0.25) is 0 Å². The third-order valence-corrected chi connectivity index (χ3v) is 3.86. The van der Waals surface area contributed by atoms with Gasteiger partial charge in [-0.05, 0) is 23.3 Å². The van der Waals surface area contributed by atoms with E-state index in [9.17, 15) is 4.79 Å². The highest BCUT2D eigenvalue weighted by atomic mass is 16.5. The predicted octanol–water partition coefficient (Wildman–Crippen LogP) is 3.47. The maximum Gasteiger partial charge on any atom is 0.315 e. The number of hydrogen-bond acceptors (Lipinski definition) is 2. The molecule has 0 saturated carbocycles. The van der Waals surface area contributed by atoms with Gasteiger partial charge in [-0.15, -0.1) is 0 Å². The second-order valence-corrected chi connectivity index (χ2v) is 6.13. The Bertz CT molecular complexity index is 622. The summed E-state index contributed by atoms with van der Waals surface area (Å²) in [5.41, 5.74) is 2.12. The number of nitrogens with one attached hydrogen (secondary N) is 2. The van der Waals surface area contributed by atoms with Crippen LogP contribution in [0.4, 0.5) is 4.79 Å². The Morgan fingerprint density at radius 1 is 1.00 bits per heavy atom.